The van der Waals surface area contributed by atoms with Crippen molar-refractivity contribution in [3.05, 3.63) is 51.2 Å². The third kappa shape index (κ3) is 3.38. The van der Waals surface area contributed by atoms with Crippen molar-refractivity contribution in [1.82, 2.24) is 9.80 Å². The van der Waals surface area contributed by atoms with E-state index in [2.05, 4.69) is 37.1 Å². The van der Waals surface area contributed by atoms with Crippen molar-refractivity contribution in [1.29, 1.82) is 0 Å². The molecule has 0 radical (unpaired) electrons. The van der Waals surface area contributed by atoms with Gasteiger partial charge in [-0.3, -0.25) is 4.79 Å². The van der Waals surface area contributed by atoms with Gasteiger partial charge in [0.25, 0.3) is 5.91 Å². The molecule has 3 heterocycles. The molecule has 1 aromatic carbocycles. The molecule has 1 saturated heterocycles. The molecule has 138 valence electrons. The molecule has 0 atom stereocenters. The Hall–Kier alpha value is -1.85. The van der Waals surface area contributed by atoms with Crippen molar-refractivity contribution in [2.75, 3.05) is 26.7 Å². The van der Waals surface area contributed by atoms with Crippen LogP contribution in [0, 0.1) is 13.8 Å². The summed E-state index contributed by atoms with van der Waals surface area (Å²) in [7, 11) is 2.15. The van der Waals surface area contributed by atoms with Crippen molar-refractivity contribution in [2.45, 2.75) is 38.8 Å². The Morgan fingerprint density at radius 3 is 2.62 bits per heavy atom. The highest BCUT2D eigenvalue weighted by Crippen LogP contribution is 2.36. The van der Waals surface area contributed by atoms with Gasteiger partial charge in [0.15, 0.2) is 0 Å². The van der Waals surface area contributed by atoms with Gasteiger partial charge in [0.05, 0.1) is 11.4 Å². The Balaban J connectivity index is 1.70. The average molecular weight is 371 g/mol. The van der Waals surface area contributed by atoms with Crippen molar-refractivity contribution in [2.24, 2.45) is 0 Å². The lowest BCUT2D eigenvalue weighted by Gasteiger charge is -2.41. The van der Waals surface area contributed by atoms with E-state index < -0.39 is 0 Å². The van der Waals surface area contributed by atoms with Gasteiger partial charge in [0.1, 0.15) is 11.4 Å². The second-order valence-electron chi connectivity index (χ2n) is 7.77. The van der Waals surface area contributed by atoms with E-state index in [0.29, 0.717) is 13.1 Å². The maximum Gasteiger partial charge on any atom is 0.264 e. The molecule has 0 aliphatic carbocycles. The summed E-state index contributed by atoms with van der Waals surface area (Å²) in [6.07, 6.45) is 1.90. The fourth-order valence-corrected chi connectivity index (χ4v) is 4.78. The molecule has 1 spiro atoms. The number of amides is 1. The monoisotopic (exact) mass is 370 g/mol. The minimum Gasteiger partial charge on any atom is -0.485 e. The lowest BCUT2D eigenvalue weighted by molar-refractivity contribution is -0.0102. The van der Waals surface area contributed by atoms with Crippen LogP contribution in [-0.4, -0.2) is 48.0 Å². The van der Waals surface area contributed by atoms with Crippen LogP contribution < -0.4 is 4.74 Å². The quantitative estimate of drug-likeness (QED) is 0.764. The lowest BCUT2D eigenvalue weighted by Crippen LogP contribution is -2.53. The zero-order chi connectivity index (χ0) is 18.3. The summed E-state index contributed by atoms with van der Waals surface area (Å²) in [5.41, 5.74) is 2.03. The van der Waals surface area contributed by atoms with E-state index in [4.69, 9.17) is 4.74 Å². The van der Waals surface area contributed by atoms with Gasteiger partial charge in [-0.05, 0) is 39.1 Å². The highest BCUT2D eigenvalue weighted by Gasteiger charge is 2.41. The average Bonchev–Trinajstić information content (AvgIpc) is 2.98. The van der Waals surface area contributed by atoms with Gasteiger partial charge in [0.2, 0.25) is 0 Å². The van der Waals surface area contributed by atoms with Gasteiger partial charge in [-0.1, -0.05) is 17.7 Å². The van der Waals surface area contributed by atoms with Crippen molar-refractivity contribution in [3.63, 3.8) is 0 Å². The molecule has 2 aliphatic heterocycles. The van der Waals surface area contributed by atoms with Crippen molar-refractivity contribution in [3.8, 4) is 5.75 Å². The molecular weight excluding hydrogens is 344 g/mol. The molecule has 0 saturated carbocycles. The molecule has 0 unspecified atom stereocenters. The molecule has 4 nitrogen and oxygen atoms in total. The highest BCUT2D eigenvalue weighted by atomic mass is 32.1. The number of ether oxygens (including phenoxy) is 1. The number of hydrogen-bond acceptors (Lipinski definition) is 4. The summed E-state index contributed by atoms with van der Waals surface area (Å²) in [4.78, 5) is 19.6. The number of aryl methyl sites for hydroxylation is 2. The first-order valence-electron chi connectivity index (χ1n) is 9.27. The molecular formula is C21H26N2O2S. The summed E-state index contributed by atoms with van der Waals surface area (Å²) in [6, 6.07) is 10.3. The van der Waals surface area contributed by atoms with E-state index in [9.17, 15) is 4.79 Å². The molecule has 5 heteroatoms. The van der Waals surface area contributed by atoms with E-state index >= 15 is 0 Å². The first-order chi connectivity index (χ1) is 12.4. The summed E-state index contributed by atoms with van der Waals surface area (Å²) in [5, 5.41) is 0. The van der Waals surface area contributed by atoms with Gasteiger partial charge >= 0.3 is 0 Å². The van der Waals surface area contributed by atoms with Crippen LogP contribution in [0.5, 0.6) is 5.75 Å². The number of carbonyl (C=O) groups is 1. The zero-order valence-electron chi connectivity index (χ0n) is 15.7. The topological polar surface area (TPSA) is 32.8 Å². The Morgan fingerprint density at radius 1 is 1.15 bits per heavy atom. The number of carbonyl (C=O) groups excluding carboxylic acids is 1. The molecule has 26 heavy (non-hydrogen) atoms. The van der Waals surface area contributed by atoms with Gasteiger partial charge in [-0.15, -0.1) is 11.3 Å². The largest absolute Gasteiger partial charge is 0.485 e. The van der Waals surface area contributed by atoms with Crippen molar-refractivity contribution >= 4 is 17.2 Å². The normalized spacial score (nSPS) is 19.7. The van der Waals surface area contributed by atoms with Crippen LogP contribution in [0.3, 0.4) is 0 Å². The van der Waals surface area contributed by atoms with Crippen molar-refractivity contribution < 1.29 is 9.53 Å². The number of hydrogen-bond donors (Lipinski definition) is 0. The Kier molecular flexibility index (Phi) is 4.53. The standard InChI is InChI=1S/C21H26N2O2S/c1-15-4-6-18-17(12-15)13-23(20(24)19-7-5-16(2)26-19)14-21(25-18)8-10-22(3)11-9-21/h4-7,12H,8-11,13-14H2,1-3H3. The minimum atomic E-state index is -0.283. The van der Waals surface area contributed by atoms with Gasteiger partial charge < -0.3 is 14.5 Å². The van der Waals surface area contributed by atoms with Gasteiger partial charge in [0, 0.05) is 42.9 Å². The molecule has 1 amide bonds. The second kappa shape index (κ2) is 6.71. The molecule has 0 N–H and O–H groups in total. The lowest BCUT2D eigenvalue weighted by atomic mass is 9.90. The predicted octanol–water partition coefficient (Wildman–Crippen LogP) is 3.86. The Morgan fingerprint density at radius 2 is 1.92 bits per heavy atom. The number of piperidine rings is 1. The smallest absolute Gasteiger partial charge is 0.264 e. The number of benzene rings is 1. The molecule has 1 aromatic heterocycles. The maximum atomic E-state index is 13.2. The molecule has 4 rings (SSSR count). The number of nitrogens with zero attached hydrogens (tertiary/aromatic N) is 2. The number of rotatable bonds is 1. The third-order valence-corrected chi connectivity index (χ3v) is 6.51. The van der Waals surface area contributed by atoms with Crippen LogP contribution in [0.1, 0.15) is 38.5 Å². The van der Waals surface area contributed by atoms with E-state index in [1.165, 1.54) is 10.4 Å². The zero-order valence-corrected chi connectivity index (χ0v) is 16.6. The fourth-order valence-electron chi connectivity index (χ4n) is 3.94. The van der Waals surface area contributed by atoms with Gasteiger partial charge in [-0.25, -0.2) is 0 Å². The Bertz CT molecular complexity index is 821. The number of likely N-dealkylation sites (tertiary alicyclic amines) is 1. The second-order valence-corrected chi connectivity index (χ2v) is 9.06. The summed E-state index contributed by atoms with van der Waals surface area (Å²) < 4.78 is 6.59. The summed E-state index contributed by atoms with van der Waals surface area (Å²) >= 11 is 1.58. The van der Waals surface area contributed by atoms with E-state index in [0.717, 1.165) is 42.1 Å². The SMILES string of the molecule is Cc1ccc2c(c1)CN(C(=O)c1ccc(C)s1)CC1(CCN(C)CC1)O2. The van der Waals surface area contributed by atoms with Crippen LogP contribution in [-0.2, 0) is 6.54 Å². The van der Waals surface area contributed by atoms with Crippen LogP contribution in [0.15, 0.2) is 30.3 Å². The van der Waals surface area contributed by atoms with E-state index in [1.54, 1.807) is 11.3 Å². The van der Waals surface area contributed by atoms with E-state index in [1.807, 2.05) is 24.0 Å². The minimum absolute atomic E-state index is 0.124. The van der Waals surface area contributed by atoms with Crippen LogP contribution in [0.25, 0.3) is 0 Å². The van der Waals surface area contributed by atoms with Crippen LogP contribution in [0.2, 0.25) is 0 Å². The van der Waals surface area contributed by atoms with Crippen LogP contribution in [0.4, 0.5) is 0 Å². The molecule has 1 fully saturated rings. The molecule has 0 bridgehead atoms. The molecule has 2 aromatic rings. The maximum absolute atomic E-state index is 13.2. The van der Waals surface area contributed by atoms with Crippen LogP contribution >= 0.6 is 11.3 Å². The predicted molar refractivity (Wildman–Crippen MR) is 105 cm³/mol. The number of thiophene rings is 1. The van der Waals surface area contributed by atoms with Gasteiger partial charge in [-0.2, -0.15) is 0 Å². The molecule has 2 aliphatic rings. The summed E-state index contributed by atoms with van der Waals surface area (Å²) in [5.74, 6) is 1.07. The first kappa shape index (κ1) is 17.6. The highest BCUT2D eigenvalue weighted by molar-refractivity contribution is 7.13. The fraction of sp³-hybridized carbons (Fsp3) is 0.476. The first-order valence-corrected chi connectivity index (χ1v) is 10.1. The van der Waals surface area contributed by atoms with E-state index in [-0.39, 0.29) is 11.5 Å². The summed E-state index contributed by atoms with van der Waals surface area (Å²) in [6.45, 7) is 7.41. The Labute approximate surface area is 159 Å². The third-order valence-electron chi connectivity index (χ3n) is 5.52. The number of fused-ring (bicyclic) bond motifs is 1.